The summed E-state index contributed by atoms with van der Waals surface area (Å²) < 4.78 is 51.6. The van der Waals surface area contributed by atoms with Gasteiger partial charge in [-0.15, -0.1) is 0 Å². The van der Waals surface area contributed by atoms with E-state index in [0.717, 1.165) is 18.2 Å². The van der Waals surface area contributed by atoms with Crippen molar-refractivity contribution in [2.24, 2.45) is 0 Å². The van der Waals surface area contributed by atoms with E-state index in [1.807, 2.05) is 0 Å². The third-order valence-electron chi connectivity index (χ3n) is 7.33. The summed E-state index contributed by atoms with van der Waals surface area (Å²) in [6.45, 7) is 1.57. The maximum atomic E-state index is 13.5. The molecule has 0 radical (unpaired) electrons. The number of hydrogen-bond donors (Lipinski definition) is 1. The van der Waals surface area contributed by atoms with Crippen molar-refractivity contribution in [1.82, 2.24) is 19.4 Å². The zero-order chi connectivity index (χ0) is 27.4. The predicted molar refractivity (Wildman–Crippen MR) is 140 cm³/mol. The third-order valence-corrected chi connectivity index (χ3v) is 8.64. The molecule has 2 fully saturated rings. The fraction of sp³-hybridized carbons (Fsp3) is 0.481. The Bertz CT molecular complexity index is 1230. The number of benzene rings is 2. The molecule has 1 saturated carbocycles. The molecule has 1 aliphatic carbocycles. The van der Waals surface area contributed by atoms with Gasteiger partial charge >= 0.3 is 0 Å². The van der Waals surface area contributed by atoms with Crippen molar-refractivity contribution in [1.29, 1.82) is 0 Å². The Hall–Kier alpha value is -2.89. The summed E-state index contributed by atoms with van der Waals surface area (Å²) in [5.41, 5.74) is 1.38. The number of nitrogens with zero attached hydrogens (tertiary/aromatic N) is 3. The average molecular weight is 549 g/mol. The standard InChI is InChI=1S/C27H34F2N4O4S/c1-31(26(34)20-7-11-22(29)12-8-20)25(27(35)32-14-16-33(17-15-32)38(2,36)37)4-3-13-30-24-18-23(24)19-5-9-21(28)10-6-19/h5-12,23-25,30H,3-4,13-18H2,1-2H3/t23-,24?,25-/m0/s1. The van der Waals surface area contributed by atoms with Crippen LogP contribution < -0.4 is 5.32 Å². The highest BCUT2D eigenvalue weighted by Crippen LogP contribution is 2.40. The molecule has 8 nitrogen and oxygen atoms in total. The van der Waals surface area contributed by atoms with Crippen molar-refractivity contribution in [3.8, 4) is 0 Å². The lowest BCUT2D eigenvalue weighted by Gasteiger charge is -2.37. The van der Waals surface area contributed by atoms with Crippen LogP contribution in [-0.2, 0) is 14.8 Å². The topological polar surface area (TPSA) is 90.0 Å². The summed E-state index contributed by atoms with van der Waals surface area (Å²) in [7, 11) is -1.77. The highest BCUT2D eigenvalue weighted by Gasteiger charge is 2.38. The molecule has 38 heavy (non-hydrogen) atoms. The number of carbonyl (C=O) groups is 2. The van der Waals surface area contributed by atoms with Gasteiger partial charge in [-0.1, -0.05) is 12.1 Å². The van der Waals surface area contributed by atoms with E-state index in [1.165, 1.54) is 45.6 Å². The molecule has 2 aromatic carbocycles. The number of hydrogen-bond acceptors (Lipinski definition) is 5. The van der Waals surface area contributed by atoms with Crippen LogP contribution in [0.3, 0.4) is 0 Å². The van der Waals surface area contributed by atoms with Gasteiger partial charge in [0.1, 0.15) is 17.7 Å². The fourth-order valence-corrected chi connectivity index (χ4v) is 5.78. The van der Waals surface area contributed by atoms with Crippen LogP contribution in [0.15, 0.2) is 48.5 Å². The van der Waals surface area contributed by atoms with E-state index >= 15 is 0 Å². The fourth-order valence-electron chi connectivity index (χ4n) is 4.95. The first-order chi connectivity index (χ1) is 18.0. The van der Waals surface area contributed by atoms with Crippen LogP contribution in [0, 0.1) is 11.6 Å². The minimum Gasteiger partial charge on any atom is -0.338 e. The second kappa shape index (κ2) is 11.9. The van der Waals surface area contributed by atoms with E-state index in [1.54, 1.807) is 24.1 Å². The van der Waals surface area contributed by atoms with Gasteiger partial charge in [0.2, 0.25) is 15.9 Å². The summed E-state index contributed by atoms with van der Waals surface area (Å²) in [5, 5.41) is 3.48. The maximum absolute atomic E-state index is 13.5. The molecule has 1 N–H and O–H groups in total. The molecule has 2 aromatic rings. The van der Waals surface area contributed by atoms with E-state index < -0.39 is 21.9 Å². The lowest BCUT2D eigenvalue weighted by molar-refractivity contribution is -0.137. The second-order valence-corrected chi connectivity index (χ2v) is 12.0. The first-order valence-corrected chi connectivity index (χ1v) is 14.6. The van der Waals surface area contributed by atoms with Crippen LogP contribution in [-0.4, -0.2) is 92.4 Å². The van der Waals surface area contributed by atoms with Gasteiger partial charge in [-0.2, -0.15) is 4.31 Å². The quantitative estimate of drug-likeness (QED) is 0.461. The maximum Gasteiger partial charge on any atom is 0.254 e. The third kappa shape index (κ3) is 6.95. The minimum absolute atomic E-state index is 0.209. The second-order valence-electron chi connectivity index (χ2n) is 10.0. The largest absolute Gasteiger partial charge is 0.338 e. The van der Waals surface area contributed by atoms with Gasteiger partial charge < -0.3 is 15.1 Å². The molecule has 1 aliphatic heterocycles. The van der Waals surface area contributed by atoms with E-state index in [9.17, 15) is 26.8 Å². The van der Waals surface area contributed by atoms with Crippen molar-refractivity contribution >= 4 is 21.8 Å². The van der Waals surface area contributed by atoms with Crippen LogP contribution in [0.1, 0.15) is 41.1 Å². The van der Waals surface area contributed by atoms with Gasteiger partial charge in [-0.05, 0) is 67.8 Å². The number of likely N-dealkylation sites (N-methyl/N-ethyl adjacent to an activating group) is 1. The van der Waals surface area contributed by atoms with Gasteiger partial charge in [0.05, 0.1) is 6.26 Å². The molecule has 3 atom stereocenters. The van der Waals surface area contributed by atoms with Crippen molar-refractivity contribution in [3.05, 3.63) is 71.3 Å². The predicted octanol–water partition coefficient (Wildman–Crippen LogP) is 2.44. The molecular formula is C27H34F2N4O4S. The molecule has 0 aromatic heterocycles. The Balaban J connectivity index is 1.37. The zero-order valence-electron chi connectivity index (χ0n) is 21.6. The van der Waals surface area contributed by atoms with Crippen molar-refractivity contribution < 1.29 is 26.8 Å². The number of halogens is 2. The van der Waals surface area contributed by atoms with Crippen LogP contribution in [0.5, 0.6) is 0 Å². The highest BCUT2D eigenvalue weighted by atomic mass is 32.2. The number of piperazine rings is 1. The van der Waals surface area contributed by atoms with Gasteiger partial charge in [0.25, 0.3) is 5.91 Å². The Morgan fingerprint density at radius 3 is 2.16 bits per heavy atom. The lowest BCUT2D eigenvalue weighted by Crippen LogP contribution is -2.56. The number of nitrogens with one attached hydrogen (secondary N) is 1. The van der Waals surface area contributed by atoms with Gasteiger partial charge in [-0.25, -0.2) is 17.2 Å². The molecule has 11 heteroatoms. The molecule has 2 amide bonds. The zero-order valence-corrected chi connectivity index (χ0v) is 22.5. The van der Waals surface area contributed by atoms with E-state index in [2.05, 4.69) is 5.32 Å². The molecule has 2 aliphatic rings. The molecular weight excluding hydrogens is 514 g/mol. The normalized spacial score (nSPS) is 20.7. The van der Waals surface area contributed by atoms with E-state index in [-0.39, 0.29) is 55.4 Å². The first-order valence-electron chi connectivity index (χ1n) is 12.8. The number of rotatable bonds is 10. The molecule has 0 bridgehead atoms. The van der Waals surface area contributed by atoms with Crippen molar-refractivity contribution in [2.75, 3.05) is 46.0 Å². The summed E-state index contributed by atoms with van der Waals surface area (Å²) >= 11 is 0. The molecule has 0 spiro atoms. The lowest BCUT2D eigenvalue weighted by atomic mass is 10.1. The van der Waals surface area contributed by atoms with E-state index in [4.69, 9.17) is 0 Å². The SMILES string of the molecule is CN(C(=O)c1ccc(F)cc1)[C@@H](CCCNC1C[C@H]1c1ccc(F)cc1)C(=O)N1CCN(S(C)(=O)=O)CC1. The molecule has 4 rings (SSSR count). The van der Waals surface area contributed by atoms with Crippen molar-refractivity contribution in [3.63, 3.8) is 0 Å². The van der Waals surface area contributed by atoms with Gasteiger partial charge in [0, 0.05) is 50.7 Å². The van der Waals surface area contributed by atoms with E-state index in [0.29, 0.717) is 25.3 Å². The Morgan fingerprint density at radius 1 is 1.00 bits per heavy atom. The monoisotopic (exact) mass is 548 g/mol. The Labute approximate surface area is 222 Å². The Morgan fingerprint density at radius 2 is 1.58 bits per heavy atom. The van der Waals surface area contributed by atoms with Crippen LogP contribution in [0.4, 0.5) is 8.78 Å². The van der Waals surface area contributed by atoms with Crippen LogP contribution >= 0.6 is 0 Å². The summed E-state index contributed by atoms with van der Waals surface area (Å²) in [6.07, 6.45) is 3.15. The average Bonchev–Trinajstić information content (AvgIpc) is 3.67. The Kier molecular flexibility index (Phi) is 8.79. The molecule has 1 heterocycles. The number of amides is 2. The highest BCUT2D eigenvalue weighted by molar-refractivity contribution is 7.88. The van der Waals surface area contributed by atoms with Gasteiger partial charge in [0.15, 0.2) is 0 Å². The molecule has 1 unspecified atom stereocenters. The number of carbonyl (C=O) groups excluding carboxylic acids is 2. The van der Waals surface area contributed by atoms with Crippen molar-refractivity contribution in [2.45, 2.75) is 37.3 Å². The summed E-state index contributed by atoms with van der Waals surface area (Å²) in [4.78, 5) is 29.7. The molecule has 1 saturated heterocycles. The molecule has 206 valence electrons. The van der Waals surface area contributed by atoms with Crippen LogP contribution in [0.25, 0.3) is 0 Å². The minimum atomic E-state index is -3.34. The van der Waals surface area contributed by atoms with Gasteiger partial charge in [-0.3, -0.25) is 9.59 Å². The smallest absolute Gasteiger partial charge is 0.254 e. The number of sulfonamides is 1. The summed E-state index contributed by atoms with van der Waals surface area (Å²) in [5.74, 6) is -0.990. The first kappa shape index (κ1) is 28.1. The summed E-state index contributed by atoms with van der Waals surface area (Å²) in [6, 6.07) is 11.3. The van der Waals surface area contributed by atoms with Crippen LogP contribution in [0.2, 0.25) is 0 Å².